The second-order valence-electron chi connectivity index (χ2n) is 6.40. The van der Waals surface area contributed by atoms with E-state index in [2.05, 4.69) is 10.2 Å². The van der Waals surface area contributed by atoms with Crippen LogP contribution in [0.2, 0.25) is 0 Å². The smallest absolute Gasteiger partial charge is 0.246 e. The molecule has 1 unspecified atom stereocenters. The van der Waals surface area contributed by atoms with Crippen LogP contribution in [0.25, 0.3) is 16.6 Å². The Bertz CT molecular complexity index is 952. The van der Waals surface area contributed by atoms with Gasteiger partial charge in [-0.05, 0) is 42.5 Å². The number of carbonyl (C=O) groups is 1. The van der Waals surface area contributed by atoms with Crippen molar-refractivity contribution in [3.05, 3.63) is 63.6 Å². The largest absolute Gasteiger partial charge is 0.338 e. The summed E-state index contributed by atoms with van der Waals surface area (Å²) in [6, 6.07) is 10.5. The lowest BCUT2D eigenvalue weighted by Crippen LogP contribution is -2.38. The zero-order chi connectivity index (χ0) is 18.6. The number of hydrogen-bond acceptors (Lipinski definition) is 5. The predicted octanol–water partition coefficient (Wildman–Crippen LogP) is 4.83. The van der Waals surface area contributed by atoms with Crippen LogP contribution in [0, 0.1) is 5.82 Å². The number of hydrogen-bond donors (Lipinski definition) is 0. The third-order valence-electron chi connectivity index (χ3n) is 4.56. The fourth-order valence-corrected chi connectivity index (χ4v) is 4.78. The Labute approximate surface area is 165 Å². The molecule has 2 aromatic heterocycles. The van der Waals surface area contributed by atoms with Crippen molar-refractivity contribution in [2.45, 2.75) is 18.8 Å². The van der Waals surface area contributed by atoms with E-state index < -0.39 is 0 Å². The molecule has 0 spiro atoms. The van der Waals surface area contributed by atoms with E-state index in [0.717, 1.165) is 29.3 Å². The van der Waals surface area contributed by atoms with Gasteiger partial charge in [-0.1, -0.05) is 29.5 Å². The Balaban J connectivity index is 1.46. The van der Waals surface area contributed by atoms with Crippen LogP contribution in [0.15, 0.2) is 47.9 Å². The van der Waals surface area contributed by atoms with Gasteiger partial charge < -0.3 is 4.90 Å². The standard InChI is InChI=1S/C20H18FN3OS2/c21-17-8-2-1-7-16(17)20-23-22-19(27-20)14-5-3-11-24(13-14)18(25)10-9-15-6-4-12-26-15/h1-2,4,6-10,12,14H,3,5,11,13H2. The summed E-state index contributed by atoms with van der Waals surface area (Å²) in [6.07, 6.45) is 5.39. The summed E-state index contributed by atoms with van der Waals surface area (Å²) in [5.74, 6) is -0.123. The quantitative estimate of drug-likeness (QED) is 0.591. The molecule has 0 bridgehead atoms. The summed E-state index contributed by atoms with van der Waals surface area (Å²) in [4.78, 5) is 15.4. The third-order valence-corrected chi connectivity index (χ3v) is 6.52. The van der Waals surface area contributed by atoms with Gasteiger partial charge in [0.15, 0.2) is 5.01 Å². The Morgan fingerprint density at radius 1 is 1.22 bits per heavy atom. The van der Waals surface area contributed by atoms with Gasteiger partial charge in [-0.3, -0.25) is 4.79 Å². The Morgan fingerprint density at radius 2 is 2.11 bits per heavy atom. The molecule has 1 aliphatic heterocycles. The number of carbonyl (C=O) groups excluding carboxylic acids is 1. The molecule has 138 valence electrons. The molecule has 27 heavy (non-hydrogen) atoms. The minimum absolute atomic E-state index is 0.0203. The molecular formula is C20H18FN3OS2. The number of halogens is 1. The lowest BCUT2D eigenvalue weighted by molar-refractivity contribution is -0.127. The molecule has 0 N–H and O–H groups in total. The van der Waals surface area contributed by atoms with Crippen molar-refractivity contribution in [1.82, 2.24) is 15.1 Å². The first kappa shape index (κ1) is 18.0. The van der Waals surface area contributed by atoms with Crippen LogP contribution in [0.5, 0.6) is 0 Å². The Kier molecular flexibility index (Phi) is 5.40. The first-order valence-corrected chi connectivity index (χ1v) is 10.5. The fraction of sp³-hybridized carbons (Fsp3) is 0.250. The molecule has 0 aliphatic carbocycles. The van der Waals surface area contributed by atoms with Crippen LogP contribution in [0.3, 0.4) is 0 Å². The van der Waals surface area contributed by atoms with E-state index in [1.807, 2.05) is 28.5 Å². The average Bonchev–Trinajstić information content (AvgIpc) is 3.39. The number of nitrogens with zero attached hydrogens (tertiary/aromatic N) is 3. The second kappa shape index (κ2) is 8.10. The van der Waals surface area contributed by atoms with E-state index in [-0.39, 0.29) is 17.6 Å². The summed E-state index contributed by atoms with van der Waals surface area (Å²) in [5.41, 5.74) is 0.476. The van der Waals surface area contributed by atoms with E-state index >= 15 is 0 Å². The van der Waals surface area contributed by atoms with E-state index in [1.54, 1.807) is 35.6 Å². The molecule has 4 nitrogen and oxygen atoms in total. The van der Waals surface area contributed by atoms with Crippen molar-refractivity contribution in [1.29, 1.82) is 0 Å². The van der Waals surface area contributed by atoms with Gasteiger partial charge in [0.1, 0.15) is 10.8 Å². The first-order chi connectivity index (χ1) is 13.2. The van der Waals surface area contributed by atoms with E-state index in [0.29, 0.717) is 17.1 Å². The average molecular weight is 400 g/mol. The highest BCUT2D eigenvalue weighted by molar-refractivity contribution is 7.14. The monoisotopic (exact) mass is 399 g/mol. The highest BCUT2D eigenvalue weighted by Crippen LogP contribution is 2.33. The van der Waals surface area contributed by atoms with Crippen molar-refractivity contribution < 1.29 is 9.18 Å². The molecule has 3 aromatic rings. The van der Waals surface area contributed by atoms with Crippen molar-refractivity contribution >= 4 is 34.7 Å². The number of likely N-dealkylation sites (tertiary alicyclic amines) is 1. The molecule has 3 heterocycles. The van der Waals surface area contributed by atoms with Crippen LogP contribution >= 0.6 is 22.7 Å². The zero-order valence-electron chi connectivity index (χ0n) is 14.5. The summed E-state index contributed by atoms with van der Waals surface area (Å²) >= 11 is 3.02. The van der Waals surface area contributed by atoms with Crippen molar-refractivity contribution in [3.8, 4) is 10.6 Å². The van der Waals surface area contributed by atoms with Crippen LogP contribution < -0.4 is 0 Å². The zero-order valence-corrected chi connectivity index (χ0v) is 16.2. The van der Waals surface area contributed by atoms with Gasteiger partial charge in [-0.15, -0.1) is 21.5 Å². The molecule has 0 radical (unpaired) electrons. The maximum absolute atomic E-state index is 14.0. The fourth-order valence-electron chi connectivity index (χ4n) is 3.17. The minimum Gasteiger partial charge on any atom is -0.338 e. The van der Waals surface area contributed by atoms with Gasteiger partial charge in [-0.2, -0.15) is 0 Å². The van der Waals surface area contributed by atoms with Gasteiger partial charge in [-0.25, -0.2) is 4.39 Å². The van der Waals surface area contributed by atoms with Crippen LogP contribution in [-0.2, 0) is 4.79 Å². The lowest BCUT2D eigenvalue weighted by atomic mass is 9.99. The third kappa shape index (κ3) is 4.14. The van der Waals surface area contributed by atoms with Gasteiger partial charge in [0.05, 0.1) is 0 Å². The first-order valence-electron chi connectivity index (χ1n) is 8.79. The molecule has 1 fully saturated rings. The van der Waals surface area contributed by atoms with Crippen LogP contribution in [0.4, 0.5) is 4.39 Å². The number of benzene rings is 1. The molecule has 1 aromatic carbocycles. The SMILES string of the molecule is O=C(C=Cc1cccs1)N1CCCC(c2nnc(-c3ccccc3F)s2)C1. The summed E-state index contributed by atoms with van der Waals surface area (Å²) in [7, 11) is 0. The summed E-state index contributed by atoms with van der Waals surface area (Å²) < 4.78 is 14.0. The summed E-state index contributed by atoms with van der Waals surface area (Å²) in [6.45, 7) is 1.38. The van der Waals surface area contributed by atoms with Crippen molar-refractivity contribution in [2.75, 3.05) is 13.1 Å². The molecule has 7 heteroatoms. The number of aromatic nitrogens is 2. The second-order valence-corrected chi connectivity index (χ2v) is 8.39. The maximum atomic E-state index is 14.0. The van der Waals surface area contributed by atoms with Crippen molar-refractivity contribution in [2.24, 2.45) is 0 Å². The van der Waals surface area contributed by atoms with Crippen molar-refractivity contribution in [3.63, 3.8) is 0 Å². The van der Waals surface area contributed by atoms with E-state index in [1.165, 1.54) is 17.4 Å². The molecule has 0 saturated carbocycles. The summed E-state index contributed by atoms with van der Waals surface area (Å²) in [5, 5.41) is 11.9. The molecule has 1 atom stereocenters. The Hall–Kier alpha value is -2.38. The minimum atomic E-state index is -0.292. The molecule has 1 aliphatic rings. The topological polar surface area (TPSA) is 46.1 Å². The van der Waals surface area contributed by atoms with Gasteiger partial charge in [0, 0.05) is 35.5 Å². The van der Waals surface area contributed by atoms with E-state index in [4.69, 9.17) is 0 Å². The lowest BCUT2D eigenvalue weighted by Gasteiger charge is -2.30. The molecular weight excluding hydrogens is 381 g/mol. The molecule has 1 amide bonds. The molecule has 1 saturated heterocycles. The molecule has 4 rings (SSSR count). The maximum Gasteiger partial charge on any atom is 0.246 e. The van der Waals surface area contributed by atoms with Gasteiger partial charge in [0.25, 0.3) is 0 Å². The highest BCUT2D eigenvalue weighted by Gasteiger charge is 2.26. The van der Waals surface area contributed by atoms with Crippen LogP contribution in [-0.4, -0.2) is 34.1 Å². The number of piperidine rings is 1. The van der Waals surface area contributed by atoms with Crippen LogP contribution in [0.1, 0.15) is 28.6 Å². The highest BCUT2D eigenvalue weighted by atomic mass is 32.1. The normalized spacial score (nSPS) is 17.5. The number of thiophene rings is 1. The number of rotatable bonds is 4. The predicted molar refractivity (Wildman–Crippen MR) is 107 cm³/mol. The van der Waals surface area contributed by atoms with Gasteiger partial charge >= 0.3 is 0 Å². The van der Waals surface area contributed by atoms with Gasteiger partial charge in [0.2, 0.25) is 5.91 Å². The Morgan fingerprint density at radius 3 is 2.93 bits per heavy atom. The number of amides is 1. The van der Waals surface area contributed by atoms with E-state index in [9.17, 15) is 9.18 Å².